The largest absolute Gasteiger partial charge is 0.582 e. The molecular formula is C7H9O2Ti+. The predicted octanol–water partition coefficient (Wildman–Crippen LogP) is 1.26. The smallest absolute Gasteiger partial charge is 0.297 e. The Hall–Kier alpha value is -0.466. The molecule has 0 aliphatic carbocycles. The number of benzene rings is 1. The zero-order valence-electron chi connectivity index (χ0n) is 5.70. The van der Waals surface area contributed by atoms with Gasteiger partial charge in [-0.3, -0.25) is 0 Å². The molecule has 52 valence electrons. The molecule has 2 N–H and O–H groups in total. The number of hydrogen-bond donors (Lipinski definition) is 1. The molecule has 0 saturated carbocycles. The molecule has 0 fully saturated rings. The Morgan fingerprint density at radius 2 is 1.90 bits per heavy atom. The first-order valence-corrected chi connectivity index (χ1v) is 2.72. The van der Waals surface area contributed by atoms with Crippen molar-refractivity contribution in [3.05, 3.63) is 24.3 Å². The number of aliphatic hydroxyl groups is 1. The molecule has 0 bridgehead atoms. The quantitative estimate of drug-likeness (QED) is 0.387. The van der Waals surface area contributed by atoms with Crippen molar-refractivity contribution >= 4 is 0 Å². The summed E-state index contributed by atoms with van der Waals surface area (Å²) >= 11 is 0. The standard InChI is InChI=1S/C7H8O2.Ti/c1-9-7-5-3-2-4-6(7)8;/h2-5,8H,1H3;/p+1. The van der Waals surface area contributed by atoms with Crippen LogP contribution in [0, 0.1) is 0 Å². The van der Waals surface area contributed by atoms with Crippen LogP contribution in [0.1, 0.15) is 0 Å². The monoisotopic (exact) mass is 173 g/mol. The zero-order chi connectivity index (χ0) is 6.69. The number of phenols is 1. The maximum absolute atomic E-state index is 9.02. The van der Waals surface area contributed by atoms with Crippen LogP contribution in [-0.2, 0) is 21.7 Å². The fraction of sp³-hybridized carbons (Fsp3) is 0.143. The summed E-state index contributed by atoms with van der Waals surface area (Å²) in [4.78, 5) is 0. The van der Waals surface area contributed by atoms with Gasteiger partial charge in [-0.2, -0.15) is 0 Å². The van der Waals surface area contributed by atoms with Crippen LogP contribution in [0.2, 0.25) is 0 Å². The van der Waals surface area contributed by atoms with Gasteiger partial charge in [-0.15, -0.1) is 0 Å². The number of phenolic OH excluding ortho intramolecular Hbond substituents is 1. The van der Waals surface area contributed by atoms with Gasteiger partial charge in [0.2, 0.25) is 5.75 Å². The first kappa shape index (κ1) is 9.53. The first-order valence-electron chi connectivity index (χ1n) is 2.72. The van der Waals surface area contributed by atoms with Gasteiger partial charge in [-0.1, -0.05) is 12.1 Å². The van der Waals surface area contributed by atoms with Crippen molar-refractivity contribution in [3.63, 3.8) is 0 Å². The van der Waals surface area contributed by atoms with E-state index < -0.39 is 0 Å². The Bertz CT molecular complexity index is 201. The van der Waals surface area contributed by atoms with E-state index in [0.29, 0.717) is 5.75 Å². The van der Waals surface area contributed by atoms with E-state index >= 15 is 0 Å². The van der Waals surface area contributed by atoms with E-state index in [-0.39, 0.29) is 27.5 Å². The van der Waals surface area contributed by atoms with Crippen LogP contribution in [-0.4, -0.2) is 17.0 Å². The molecular weight excluding hydrogens is 164 g/mol. The summed E-state index contributed by atoms with van der Waals surface area (Å²) in [6.45, 7) is 0. The van der Waals surface area contributed by atoms with E-state index in [4.69, 9.17) is 5.11 Å². The van der Waals surface area contributed by atoms with Crippen molar-refractivity contribution in [3.8, 4) is 11.5 Å². The van der Waals surface area contributed by atoms with E-state index in [1.165, 1.54) is 0 Å². The Kier molecular flexibility index (Phi) is 4.16. The summed E-state index contributed by atoms with van der Waals surface area (Å²) in [5.74, 6) is 0.873. The molecule has 1 aromatic carbocycles. The molecule has 0 saturated heterocycles. The average Bonchev–Trinajstić information content (AvgIpc) is 1.89. The maximum Gasteiger partial charge on any atom is 0.297 e. The summed E-state index contributed by atoms with van der Waals surface area (Å²) in [6, 6.07) is 6.98. The molecule has 1 rings (SSSR count). The summed E-state index contributed by atoms with van der Waals surface area (Å²) in [7, 11) is 1.65. The minimum Gasteiger partial charge on any atom is -0.582 e. The molecule has 0 aliphatic heterocycles. The van der Waals surface area contributed by atoms with Crippen LogP contribution in [0.4, 0.5) is 0 Å². The third kappa shape index (κ3) is 2.05. The van der Waals surface area contributed by atoms with Gasteiger partial charge in [0.05, 0.1) is 0 Å². The topological polar surface area (TPSA) is 33.0 Å². The number of rotatable bonds is 1. The molecule has 3 heteroatoms. The van der Waals surface area contributed by atoms with Gasteiger partial charge in [0.15, 0.2) is 7.11 Å². The summed E-state index contributed by atoms with van der Waals surface area (Å²) < 4.78 is 3.82. The molecule has 0 spiro atoms. The van der Waals surface area contributed by atoms with E-state index in [1.807, 2.05) is 6.07 Å². The molecule has 0 atom stereocenters. The Labute approximate surface area is 74.7 Å². The van der Waals surface area contributed by atoms with Crippen LogP contribution in [0.15, 0.2) is 24.3 Å². The minimum atomic E-state index is 0. The molecule has 1 aromatic rings. The Balaban J connectivity index is 0.000000810. The molecule has 2 nitrogen and oxygen atoms in total. The van der Waals surface area contributed by atoms with Gasteiger partial charge in [-0.05, 0) is 6.07 Å². The summed E-state index contributed by atoms with van der Waals surface area (Å²) in [6.07, 6.45) is 0. The van der Waals surface area contributed by atoms with Crippen LogP contribution in [0.25, 0.3) is 0 Å². The maximum atomic E-state index is 9.02. The van der Waals surface area contributed by atoms with Gasteiger partial charge in [0.25, 0.3) is 5.75 Å². The first-order chi connectivity index (χ1) is 4.34. The van der Waals surface area contributed by atoms with Gasteiger partial charge >= 0.3 is 0 Å². The molecule has 0 heterocycles. The molecule has 0 aliphatic rings. The number of para-hydroxylation sites is 2. The second-order valence-electron chi connectivity index (χ2n) is 1.71. The fourth-order valence-electron chi connectivity index (χ4n) is 0.653. The Morgan fingerprint density at radius 3 is 2.30 bits per heavy atom. The number of ether oxygens (including phenoxy) is 1. The van der Waals surface area contributed by atoms with Crippen molar-refractivity contribution < 1.29 is 31.6 Å². The van der Waals surface area contributed by atoms with Crippen LogP contribution < -0.4 is 0 Å². The van der Waals surface area contributed by atoms with Crippen molar-refractivity contribution in [2.75, 3.05) is 7.11 Å². The Morgan fingerprint density at radius 1 is 1.30 bits per heavy atom. The minimum absolute atomic E-state index is 0. The number of hydrogen-bond acceptors (Lipinski definition) is 1. The van der Waals surface area contributed by atoms with E-state index in [2.05, 4.69) is 4.74 Å². The number of aromatic hydroxyl groups is 2. The van der Waals surface area contributed by atoms with Crippen molar-refractivity contribution in [2.45, 2.75) is 0 Å². The molecule has 10 heavy (non-hydrogen) atoms. The average molecular weight is 173 g/mol. The predicted molar refractivity (Wildman–Crippen MR) is 35.7 cm³/mol. The van der Waals surface area contributed by atoms with E-state index in [9.17, 15) is 0 Å². The molecule has 0 radical (unpaired) electrons. The van der Waals surface area contributed by atoms with Gasteiger partial charge in [0, 0.05) is 27.8 Å². The van der Waals surface area contributed by atoms with E-state index in [1.54, 1.807) is 25.3 Å². The van der Waals surface area contributed by atoms with Crippen LogP contribution >= 0.6 is 0 Å². The normalized spacial score (nSPS) is 8.10. The second kappa shape index (κ2) is 4.37. The van der Waals surface area contributed by atoms with Crippen molar-refractivity contribution in [1.29, 1.82) is 0 Å². The summed E-state index contributed by atoms with van der Waals surface area (Å²) in [5, 5.41) is 9.02. The SMILES string of the molecule is C[OH+]c1ccccc1O.[Ti]. The second-order valence-corrected chi connectivity index (χ2v) is 1.71. The van der Waals surface area contributed by atoms with Crippen LogP contribution in [0.5, 0.6) is 11.5 Å². The zero-order valence-corrected chi connectivity index (χ0v) is 7.27. The molecule has 0 unspecified atom stereocenters. The third-order valence-electron chi connectivity index (χ3n) is 1.12. The van der Waals surface area contributed by atoms with Crippen LogP contribution in [0.3, 0.4) is 0 Å². The van der Waals surface area contributed by atoms with Gasteiger partial charge in [-0.25, -0.2) is 0 Å². The molecule has 0 aromatic heterocycles. The van der Waals surface area contributed by atoms with Crippen molar-refractivity contribution in [1.82, 2.24) is 0 Å². The van der Waals surface area contributed by atoms with Gasteiger partial charge < -0.3 is 9.84 Å². The summed E-state index contributed by atoms with van der Waals surface area (Å²) in [5.41, 5.74) is 0. The third-order valence-corrected chi connectivity index (χ3v) is 1.12. The van der Waals surface area contributed by atoms with E-state index in [0.717, 1.165) is 0 Å². The van der Waals surface area contributed by atoms with Crippen molar-refractivity contribution in [2.24, 2.45) is 0 Å². The molecule has 0 amide bonds. The fourth-order valence-corrected chi connectivity index (χ4v) is 0.653. The van der Waals surface area contributed by atoms with Gasteiger partial charge in [0.1, 0.15) is 0 Å².